The zero-order chi connectivity index (χ0) is 35.2. The molecule has 3 atom stereocenters. The Morgan fingerprint density at radius 3 is 1.02 bits per heavy atom. The van der Waals surface area contributed by atoms with Crippen LogP contribution in [0.5, 0.6) is 23.0 Å². The SMILES string of the molecule is COc1ccc(/C=N/N(C)[P+](=S)Oc2ccc(/C=N/N(C)[P+](=S)Oc3ccc(/C=N/N(C)[P+](=S)Oc4ccc(C=O)cc4)cc3)cc2)cc1. The lowest BCUT2D eigenvalue weighted by Gasteiger charge is -2.04. The number of carbonyl (C=O) groups excluding carboxylic acids is 1. The Labute approximate surface area is 303 Å². The van der Waals surface area contributed by atoms with E-state index < -0.39 is 21.2 Å². The fourth-order valence-corrected chi connectivity index (χ4v) is 6.37. The number of rotatable bonds is 17. The smallest absolute Gasteiger partial charge is 0.497 e. The molecule has 3 unspecified atom stereocenters. The third-order valence-electron chi connectivity index (χ3n) is 6.27. The molecule has 0 aliphatic heterocycles. The van der Waals surface area contributed by atoms with Crippen molar-refractivity contribution in [2.45, 2.75) is 0 Å². The topological polar surface area (TPSA) is 101 Å². The van der Waals surface area contributed by atoms with E-state index in [1.54, 1.807) is 85.5 Å². The molecule has 0 radical (unpaired) electrons. The fourth-order valence-electron chi connectivity index (χ4n) is 3.55. The van der Waals surface area contributed by atoms with Gasteiger partial charge in [0.15, 0.2) is 17.2 Å². The number of hydrogen-bond donors (Lipinski definition) is 0. The Morgan fingerprint density at radius 1 is 0.490 bits per heavy atom. The molecular formula is C32H32N6O5P3S3+3. The van der Waals surface area contributed by atoms with E-state index in [0.29, 0.717) is 22.8 Å². The number of methoxy groups -OCH3 is 1. The number of nitrogens with zero attached hydrogens (tertiary/aromatic N) is 6. The molecule has 0 saturated heterocycles. The van der Waals surface area contributed by atoms with Gasteiger partial charge in [-0.3, -0.25) is 18.4 Å². The van der Waals surface area contributed by atoms with E-state index in [1.807, 2.05) is 72.8 Å². The number of carbonyl (C=O) groups is 1. The second-order valence-corrected chi connectivity index (χ2v) is 16.3. The summed E-state index contributed by atoms with van der Waals surface area (Å²) >= 11 is 16.5. The summed E-state index contributed by atoms with van der Waals surface area (Å²) in [6.45, 7) is 0. The van der Waals surface area contributed by atoms with Gasteiger partial charge in [-0.25, -0.2) is 0 Å². The van der Waals surface area contributed by atoms with Crippen LogP contribution >= 0.6 is 21.2 Å². The van der Waals surface area contributed by atoms with Crippen LogP contribution in [0.1, 0.15) is 27.0 Å². The summed E-state index contributed by atoms with van der Waals surface area (Å²) in [6, 6.07) is 29.1. The fraction of sp³-hybridized carbons (Fsp3) is 0.125. The van der Waals surface area contributed by atoms with Gasteiger partial charge in [-0.05, 0) is 114 Å². The molecule has 0 fully saturated rings. The van der Waals surface area contributed by atoms with Crippen LogP contribution in [0.15, 0.2) is 112 Å². The van der Waals surface area contributed by atoms with E-state index in [2.05, 4.69) is 15.3 Å². The summed E-state index contributed by atoms with van der Waals surface area (Å²) < 4.78 is 27.6. The van der Waals surface area contributed by atoms with E-state index in [1.165, 1.54) is 0 Å². The van der Waals surface area contributed by atoms with Crippen LogP contribution in [0.2, 0.25) is 0 Å². The van der Waals surface area contributed by atoms with Gasteiger partial charge in [0.05, 0.1) is 46.9 Å². The summed E-state index contributed by atoms with van der Waals surface area (Å²) in [7, 11) is 2.62. The van der Waals surface area contributed by atoms with Gasteiger partial charge >= 0.3 is 21.2 Å². The van der Waals surface area contributed by atoms with Crippen LogP contribution in [0.25, 0.3) is 0 Å². The van der Waals surface area contributed by atoms with Crippen LogP contribution in [0, 0.1) is 0 Å². The molecule has 4 aromatic rings. The summed E-state index contributed by atoms with van der Waals surface area (Å²) in [5.41, 5.74) is 3.19. The minimum atomic E-state index is -1.46. The molecule has 0 aliphatic rings. The maximum absolute atomic E-state index is 10.8. The first-order valence-corrected chi connectivity index (χ1v) is 21.0. The summed E-state index contributed by atoms with van der Waals surface area (Å²) in [6.07, 6.45) is 5.87. The highest BCUT2D eigenvalue weighted by Gasteiger charge is 2.22. The highest BCUT2D eigenvalue weighted by atomic mass is 32.4. The van der Waals surface area contributed by atoms with Crippen molar-refractivity contribution in [1.82, 2.24) is 14.3 Å². The summed E-state index contributed by atoms with van der Waals surface area (Å²) in [5.74, 6) is 2.60. The number of hydrazone groups is 3. The van der Waals surface area contributed by atoms with Gasteiger partial charge in [0.1, 0.15) is 12.0 Å². The quantitative estimate of drug-likeness (QED) is 0.0454. The van der Waals surface area contributed by atoms with Crippen molar-refractivity contribution in [1.29, 1.82) is 0 Å². The van der Waals surface area contributed by atoms with Gasteiger partial charge in [-0.2, -0.15) is 0 Å². The maximum atomic E-state index is 10.8. The molecule has 11 nitrogen and oxygen atoms in total. The first-order chi connectivity index (χ1) is 23.6. The molecule has 0 spiro atoms. The monoisotopic (exact) mass is 769 g/mol. The van der Waals surface area contributed by atoms with E-state index in [0.717, 1.165) is 28.7 Å². The molecule has 0 heterocycles. The molecule has 17 heteroatoms. The third-order valence-corrected chi connectivity index (χ3v) is 11.9. The Bertz CT molecular complexity index is 1850. The molecule has 0 N–H and O–H groups in total. The lowest BCUT2D eigenvalue weighted by atomic mass is 10.2. The number of benzene rings is 4. The molecular weight excluding hydrogens is 738 g/mol. The number of hydrogen-bond acceptors (Lipinski definition) is 11. The van der Waals surface area contributed by atoms with Crippen LogP contribution < -0.4 is 18.3 Å². The highest BCUT2D eigenvalue weighted by Crippen LogP contribution is 2.33. The van der Waals surface area contributed by atoms with Crippen LogP contribution in [0.4, 0.5) is 0 Å². The second kappa shape index (κ2) is 19.0. The standard InChI is InChI=1S/C32H32N6O5P3S3/c1-36(33-21-25-5-13-29(40-4)14-6-25)44(47)41-30-15-7-26(8-16-30)22-34-37(2)45(48)42-31-17-9-27(10-18-31)23-35-38(3)46(49)43-32-19-11-28(24-39)12-20-32/h5-24H,1-4H3/q+3/b33-21+,34-22+,35-23+. The minimum Gasteiger partial charge on any atom is -0.497 e. The van der Waals surface area contributed by atoms with Crippen molar-refractivity contribution in [2.24, 2.45) is 15.3 Å². The number of aldehydes is 1. The maximum Gasteiger partial charge on any atom is 0.540 e. The Kier molecular flexibility index (Phi) is 14.6. The Morgan fingerprint density at radius 2 is 0.755 bits per heavy atom. The van der Waals surface area contributed by atoms with Crippen molar-refractivity contribution in [3.05, 3.63) is 119 Å². The highest BCUT2D eigenvalue weighted by molar-refractivity contribution is 8.02. The van der Waals surface area contributed by atoms with Crippen molar-refractivity contribution < 1.29 is 23.1 Å². The molecule has 4 aromatic carbocycles. The molecule has 4 rings (SSSR count). The van der Waals surface area contributed by atoms with Gasteiger partial charge in [0.25, 0.3) is 0 Å². The predicted molar refractivity (Wildman–Crippen MR) is 209 cm³/mol. The largest absolute Gasteiger partial charge is 0.540 e. The van der Waals surface area contributed by atoms with Crippen LogP contribution in [-0.2, 0) is 35.4 Å². The summed E-state index contributed by atoms with van der Waals surface area (Å²) in [4.78, 5) is 10.8. The van der Waals surface area contributed by atoms with Crippen molar-refractivity contribution in [2.75, 3.05) is 28.3 Å². The van der Waals surface area contributed by atoms with E-state index in [4.69, 9.17) is 53.7 Å². The summed E-state index contributed by atoms with van der Waals surface area (Å²) in [5, 5.41) is 13.2. The second-order valence-electron chi connectivity index (χ2n) is 9.79. The number of ether oxygens (including phenoxy) is 1. The lowest BCUT2D eigenvalue weighted by Crippen LogP contribution is -2.04. The molecule has 250 valence electrons. The molecule has 0 saturated carbocycles. The first kappa shape index (κ1) is 37.5. The Hall–Kier alpha value is -4.28. The van der Waals surface area contributed by atoms with E-state index in [-0.39, 0.29) is 0 Å². The lowest BCUT2D eigenvalue weighted by molar-refractivity contribution is 0.112. The zero-order valence-corrected chi connectivity index (χ0v) is 32.0. The zero-order valence-electron chi connectivity index (χ0n) is 26.8. The van der Waals surface area contributed by atoms with Gasteiger partial charge in [-0.1, -0.05) is 14.3 Å². The van der Waals surface area contributed by atoms with Crippen molar-refractivity contribution in [3.63, 3.8) is 0 Å². The van der Waals surface area contributed by atoms with Crippen LogP contribution in [0.3, 0.4) is 0 Å². The van der Waals surface area contributed by atoms with Crippen molar-refractivity contribution in [3.8, 4) is 23.0 Å². The molecule has 49 heavy (non-hydrogen) atoms. The first-order valence-electron chi connectivity index (χ1n) is 14.3. The average molecular weight is 770 g/mol. The van der Waals surface area contributed by atoms with Gasteiger partial charge in [0.2, 0.25) is 35.4 Å². The average Bonchev–Trinajstić information content (AvgIpc) is 3.13. The van der Waals surface area contributed by atoms with Gasteiger partial charge < -0.3 is 4.74 Å². The Balaban J connectivity index is 1.21. The normalized spacial score (nSPS) is 12.0. The van der Waals surface area contributed by atoms with E-state index in [9.17, 15) is 4.79 Å². The molecule has 0 bridgehead atoms. The van der Waals surface area contributed by atoms with Gasteiger partial charge in [0, 0.05) is 5.56 Å². The molecule has 0 aliphatic carbocycles. The predicted octanol–water partition coefficient (Wildman–Crippen LogP) is 7.86. The van der Waals surface area contributed by atoms with Gasteiger partial charge in [-0.15, -0.1) is 15.3 Å². The molecule has 0 amide bonds. The molecule has 0 aromatic heterocycles. The van der Waals surface area contributed by atoms with Crippen molar-refractivity contribution >= 4 is 81.6 Å². The van der Waals surface area contributed by atoms with E-state index >= 15 is 0 Å². The minimum absolute atomic E-state index is 0.567. The van der Waals surface area contributed by atoms with Crippen LogP contribution in [-0.4, -0.2) is 67.5 Å². The third kappa shape index (κ3) is 12.3.